The Hall–Kier alpha value is -2.28. The van der Waals surface area contributed by atoms with E-state index in [2.05, 4.69) is 29.0 Å². The molecule has 0 amide bonds. The van der Waals surface area contributed by atoms with Crippen LogP contribution in [0.2, 0.25) is 0 Å². The number of hydrogen-bond donors (Lipinski definition) is 0. The normalized spacial score (nSPS) is 19.9. The highest BCUT2D eigenvalue weighted by molar-refractivity contribution is 5.55. The number of rotatable bonds is 6. The minimum Gasteiger partial charge on any atom is -0.235 e. The first kappa shape index (κ1) is 18.5. The average Bonchev–Trinajstić information content (AvgIpc) is 2.69. The van der Waals surface area contributed by atoms with E-state index in [9.17, 15) is 4.39 Å². The van der Waals surface area contributed by atoms with Gasteiger partial charge in [0.2, 0.25) is 5.95 Å². The average molecular weight is 351 g/mol. The summed E-state index contributed by atoms with van der Waals surface area (Å²) in [6.07, 6.45) is 11.9. The lowest BCUT2D eigenvalue weighted by Gasteiger charge is -2.29. The fourth-order valence-electron chi connectivity index (χ4n) is 3.95. The smallest absolute Gasteiger partial charge is 0.234 e. The van der Waals surface area contributed by atoms with Gasteiger partial charge in [-0.05, 0) is 43.1 Å². The van der Waals surface area contributed by atoms with E-state index in [0.717, 1.165) is 11.5 Å². The third kappa shape index (κ3) is 4.46. The lowest BCUT2D eigenvalue weighted by Crippen LogP contribution is -2.13. The molecular formula is C22H26FN3. The Kier molecular flexibility index (Phi) is 6.33. The number of aromatic nitrogens is 2. The Morgan fingerprint density at radius 2 is 1.85 bits per heavy atom. The van der Waals surface area contributed by atoms with Gasteiger partial charge in [-0.1, -0.05) is 56.9 Å². The number of halogens is 1. The maximum absolute atomic E-state index is 13.7. The topological polar surface area (TPSA) is 49.6 Å². The zero-order valence-electron chi connectivity index (χ0n) is 15.4. The van der Waals surface area contributed by atoms with Crippen molar-refractivity contribution in [3.8, 4) is 17.5 Å². The van der Waals surface area contributed by atoms with Crippen LogP contribution >= 0.6 is 0 Å². The first-order valence-electron chi connectivity index (χ1n) is 9.74. The molecular weight excluding hydrogens is 325 g/mol. The molecule has 3 nitrogen and oxygen atoms in total. The van der Waals surface area contributed by atoms with Crippen LogP contribution in [-0.4, -0.2) is 9.97 Å². The van der Waals surface area contributed by atoms with E-state index in [1.165, 1.54) is 63.1 Å². The molecule has 1 fully saturated rings. The van der Waals surface area contributed by atoms with Crippen LogP contribution < -0.4 is 0 Å². The Labute approximate surface area is 155 Å². The summed E-state index contributed by atoms with van der Waals surface area (Å²) >= 11 is 0. The minimum atomic E-state index is -0.761. The van der Waals surface area contributed by atoms with E-state index in [1.807, 2.05) is 12.1 Å². The third-order valence-electron chi connectivity index (χ3n) is 5.57. The first-order valence-corrected chi connectivity index (χ1v) is 9.74. The molecule has 0 aliphatic heterocycles. The van der Waals surface area contributed by atoms with Crippen LogP contribution in [0, 0.1) is 23.2 Å². The maximum Gasteiger partial charge on any atom is 0.234 e. The standard InChI is InChI=1S/C22H26FN3/c1-2-3-4-5-16-6-8-17(9-7-16)18-10-12-19(13-11-18)22-25-15-20(14-24)21(23)26-22/h10-13,15-17H,2-9H2,1H3/t16-,17-. The predicted molar refractivity (Wildman–Crippen MR) is 101 cm³/mol. The highest BCUT2D eigenvalue weighted by Gasteiger charge is 2.22. The Bertz CT molecular complexity index is 756. The fourth-order valence-corrected chi connectivity index (χ4v) is 3.95. The molecule has 1 aromatic heterocycles. The Morgan fingerprint density at radius 1 is 1.12 bits per heavy atom. The number of nitrogens with zero attached hydrogens (tertiary/aromatic N) is 3. The van der Waals surface area contributed by atoms with E-state index in [1.54, 1.807) is 6.07 Å². The summed E-state index contributed by atoms with van der Waals surface area (Å²) in [7, 11) is 0. The van der Waals surface area contributed by atoms with Crippen molar-refractivity contribution in [3.05, 3.63) is 47.5 Å². The molecule has 0 bridgehead atoms. The van der Waals surface area contributed by atoms with Crippen LogP contribution in [0.25, 0.3) is 11.4 Å². The molecule has 1 aliphatic rings. The molecule has 1 heterocycles. The SMILES string of the molecule is CCCCC[C@H]1CC[C@H](c2ccc(-c3ncc(C#N)c(F)n3)cc2)CC1. The largest absolute Gasteiger partial charge is 0.235 e. The van der Waals surface area contributed by atoms with Crippen molar-refractivity contribution in [1.29, 1.82) is 5.26 Å². The van der Waals surface area contributed by atoms with Crippen molar-refractivity contribution in [3.63, 3.8) is 0 Å². The van der Waals surface area contributed by atoms with Crippen molar-refractivity contribution in [2.24, 2.45) is 5.92 Å². The summed E-state index contributed by atoms with van der Waals surface area (Å²) in [4.78, 5) is 7.90. The van der Waals surface area contributed by atoms with Crippen LogP contribution in [0.15, 0.2) is 30.5 Å². The fraction of sp³-hybridized carbons (Fsp3) is 0.500. The van der Waals surface area contributed by atoms with Crippen molar-refractivity contribution >= 4 is 0 Å². The van der Waals surface area contributed by atoms with Gasteiger partial charge >= 0.3 is 0 Å². The molecule has 1 saturated carbocycles. The van der Waals surface area contributed by atoms with Gasteiger partial charge in [0.05, 0.1) is 6.20 Å². The molecule has 0 unspecified atom stereocenters. The number of unbranched alkanes of at least 4 members (excludes halogenated alkanes) is 2. The van der Waals surface area contributed by atoms with Crippen LogP contribution in [0.3, 0.4) is 0 Å². The van der Waals surface area contributed by atoms with Crippen molar-refractivity contribution in [2.45, 2.75) is 64.2 Å². The molecule has 3 rings (SSSR count). The predicted octanol–water partition coefficient (Wildman–Crippen LogP) is 6.01. The molecule has 0 N–H and O–H groups in total. The van der Waals surface area contributed by atoms with Crippen molar-refractivity contribution < 1.29 is 4.39 Å². The van der Waals surface area contributed by atoms with Crippen LogP contribution in [0.1, 0.15) is 75.3 Å². The number of nitriles is 1. The van der Waals surface area contributed by atoms with Gasteiger partial charge in [-0.2, -0.15) is 14.6 Å². The molecule has 0 saturated heterocycles. The Balaban J connectivity index is 1.60. The van der Waals surface area contributed by atoms with E-state index in [-0.39, 0.29) is 5.56 Å². The van der Waals surface area contributed by atoms with Crippen LogP contribution in [0.5, 0.6) is 0 Å². The lowest BCUT2D eigenvalue weighted by molar-refractivity contribution is 0.303. The van der Waals surface area contributed by atoms with Gasteiger partial charge in [-0.15, -0.1) is 0 Å². The molecule has 26 heavy (non-hydrogen) atoms. The van der Waals surface area contributed by atoms with E-state index >= 15 is 0 Å². The summed E-state index contributed by atoms with van der Waals surface area (Å²) < 4.78 is 13.7. The van der Waals surface area contributed by atoms with Crippen molar-refractivity contribution in [1.82, 2.24) is 9.97 Å². The molecule has 0 atom stereocenters. The first-order chi connectivity index (χ1) is 12.7. The molecule has 0 spiro atoms. The second kappa shape index (κ2) is 8.89. The molecule has 1 aromatic carbocycles. The summed E-state index contributed by atoms with van der Waals surface area (Å²) in [5.41, 5.74) is 2.02. The zero-order chi connectivity index (χ0) is 18.4. The van der Waals surface area contributed by atoms with Crippen LogP contribution in [-0.2, 0) is 0 Å². The van der Waals surface area contributed by atoms with E-state index in [4.69, 9.17) is 5.26 Å². The second-order valence-corrected chi connectivity index (χ2v) is 7.35. The highest BCUT2D eigenvalue weighted by Crippen LogP contribution is 2.38. The van der Waals surface area contributed by atoms with Crippen molar-refractivity contribution in [2.75, 3.05) is 0 Å². The second-order valence-electron chi connectivity index (χ2n) is 7.35. The molecule has 0 radical (unpaired) electrons. The minimum absolute atomic E-state index is 0.124. The lowest BCUT2D eigenvalue weighted by atomic mass is 9.77. The highest BCUT2D eigenvalue weighted by atomic mass is 19.1. The molecule has 4 heteroatoms. The summed E-state index contributed by atoms with van der Waals surface area (Å²) in [5, 5.41) is 8.77. The van der Waals surface area contributed by atoms with Crippen LogP contribution in [0.4, 0.5) is 4.39 Å². The molecule has 2 aromatic rings. The molecule has 136 valence electrons. The van der Waals surface area contributed by atoms with E-state index < -0.39 is 5.95 Å². The van der Waals surface area contributed by atoms with Gasteiger partial charge in [-0.3, -0.25) is 0 Å². The number of hydrogen-bond acceptors (Lipinski definition) is 3. The Morgan fingerprint density at radius 3 is 2.46 bits per heavy atom. The molecule has 1 aliphatic carbocycles. The van der Waals surface area contributed by atoms with Gasteiger partial charge in [-0.25, -0.2) is 4.98 Å². The zero-order valence-corrected chi connectivity index (χ0v) is 15.4. The third-order valence-corrected chi connectivity index (χ3v) is 5.57. The van der Waals surface area contributed by atoms with Gasteiger partial charge in [0.15, 0.2) is 5.82 Å². The van der Waals surface area contributed by atoms with Gasteiger partial charge in [0.1, 0.15) is 11.6 Å². The monoisotopic (exact) mass is 351 g/mol. The summed E-state index contributed by atoms with van der Waals surface area (Å²) in [5.74, 6) is 1.10. The van der Waals surface area contributed by atoms with Gasteiger partial charge < -0.3 is 0 Å². The number of benzene rings is 1. The van der Waals surface area contributed by atoms with Gasteiger partial charge in [0, 0.05) is 5.56 Å². The maximum atomic E-state index is 13.7. The van der Waals surface area contributed by atoms with E-state index in [0.29, 0.717) is 11.7 Å². The quantitative estimate of drug-likeness (QED) is 0.473. The van der Waals surface area contributed by atoms with Gasteiger partial charge in [0.25, 0.3) is 0 Å². The summed E-state index contributed by atoms with van der Waals surface area (Å²) in [6.45, 7) is 2.26. The summed E-state index contributed by atoms with van der Waals surface area (Å²) in [6, 6.07) is 9.91.